The highest BCUT2D eigenvalue weighted by molar-refractivity contribution is 7.99. The maximum atomic E-state index is 13.9. The van der Waals surface area contributed by atoms with Gasteiger partial charge in [0.05, 0.1) is 4.90 Å². The van der Waals surface area contributed by atoms with Crippen molar-refractivity contribution in [1.29, 1.82) is 0 Å². The molecule has 0 bridgehead atoms. The minimum Gasteiger partial charge on any atom is -0.304 e. The summed E-state index contributed by atoms with van der Waals surface area (Å²) in [6, 6.07) is 10.4. The van der Waals surface area contributed by atoms with Gasteiger partial charge in [-0.1, -0.05) is 17.8 Å². The molecule has 1 unspecified atom stereocenters. The Hall–Kier alpha value is -1.45. The lowest BCUT2D eigenvalue weighted by Gasteiger charge is -2.38. The molecule has 156 valence electrons. The fraction of sp³-hybridized carbons (Fsp3) is 0.429. The van der Waals surface area contributed by atoms with Crippen LogP contribution < -0.4 is 0 Å². The van der Waals surface area contributed by atoms with Gasteiger partial charge in [0.2, 0.25) is 10.0 Å². The summed E-state index contributed by atoms with van der Waals surface area (Å²) in [5.74, 6) is -0.248. The van der Waals surface area contributed by atoms with Crippen LogP contribution >= 0.6 is 11.8 Å². The van der Waals surface area contributed by atoms with Crippen LogP contribution in [0, 0.1) is 5.82 Å². The van der Waals surface area contributed by atoms with Crippen molar-refractivity contribution in [1.82, 2.24) is 14.1 Å². The minimum absolute atomic E-state index is 0.0650. The first-order valence-corrected chi connectivity index (χ1v) is 12.0. The zero-order valence-corrected chi connectivity index (χ0v) is 18.6. The van der Waals surface area contributed by atoms with E-state index in [1.807, 2.05) is 18.2 Å². The lowest BCUT2D eigenvalue weighted by molar-refractivity contribution is 0.109. The first-order valence-electron chi connectivity index (χ1n) is 9.71. The molecule has 0 saturated carbocycles. The van der Waals surface area contributed by atoms with Crippen LogP contribution in [-0.4, -0.2) is 69.8 Å². The Morgan fingerprint density at radius 3 is 2.45 bits per heavy atom. The van der Waals surface area contributed by atoms with Gasteiger partial charge >= 0.3 is 0 Å². The lowest BCUT2D eigenvalue weighted by Crippen LogP contribution is -2.46. The van der Waals surface area contributed by atoms with Crippen LogP contribution in [-0.2, 0) is 16.4 Å². The second-order valence-corrected chi connectivity index (χ2v) is 11.1. The van der Waals surface area contributed by atoms with Gasteiger partial charge in [-0.05, 0) is 54.9 Å². The SMILES string of the molecule is CN1CCN(C2Cc3ccc(F)cc3Sc3ccc(S(=O)(=O)N(C)C)cc32)CC1. The van der Waals surface area contributed by atoms with Gasteiger partial charge in [0.15, 0.2) is 0 Å². The Balaban J connectivity index is 1.82. The number of rotatable bonds is 3. The number of fused-ring (bicyclic) bond motifs is 2. The monoisotopic (exact) mass is 435 g/mol. The smallest absolute Gasteiger partial charge is 0.242 e. The summed E-state index contributed by atoms with van der Waals surface area (Å²) in [6.07, 6.45) is 0.741. The molecule has 0 radical (unpaired) electrons. The van der Waals surface area contributed by atoms with Gasteiger partial charge in [-0.25, -0.2) is 17.1 Å². The fourth-order valence-electron chi connectivity index (χ4n) is 3.94. The van der Waals surface area contributed by atoms with E-state index in [1.54, 1.807) is 26.2 Å². The van der Waals surface area contributed by atoms with E-state index in [2.05, 4.69) is 16.8 Å². The van der Waals surface area contributed by atoms with Crippen molar-refractivity contribution in [2.75, 3.05) is 47.3 Å². The van der Waals surface area contributed by atoms with Crippen LogP contribution in [0.25, 0.3) is 0 Å². The third-order valence-electron chi connectivity index (χ3n) is 5.76. The third kappa shape index (κ3) is 4.09. The number of sulfonamides is 1. The summed E-state index contributed by atoms with van der Waals surface area (Å²) >= 11 is 1.53. The molecular formula is C21H26FN3O2S2. The highest BCUT2D eigenvalue weighted by Gasteiger charge is 2.31. The van der Waals surface area contributed by atoms with Crippen molar-refractivity contribution in [3.63, 3.8) is 0 Å². The van der Waals surface area contributed by atoms with Crippen molar-refractivity contribution < 1.29 is 12.8 Å². The van der Waals surface area contributed by atoms with Gasteiger partial charge in [-0.2, -0.15) is 0 Å². The van der Waals surface area contributed by atoms with E-state index in [9.17, 15) is 12.8 Å². The first kappa shape index (κ1) is 20.8. The highest BCUT2D eigenvalue weighted by atomic mass is 32.2. The minimum atomic E-state index is -3.52. The quantitative estimate of drug-likeness (QED) is 0.741. The maximum Gasteiger partial charge on any atom is 0.242 e. The molecular weight excluding hydrogens is 409 g/mol. The molecule has 4 rings (SSSR count). The lowest BCUT2D eigenvalue weighted by atomic mass is 9.96. The van der Waals surface area contributed by atoms with Crippen molar-refractivity contribution in [3.05, 3.63) is 53.3 Å². The second-order valence-electron chi connectivity index (χ2n) is 7.90. The van der Waals surface area contributed by atoms with E-state index in [-0.39, 0.29) is 11.9 Å². The fourth-order valence-corrected chi connectivity index (χ4v) is 6.02. The molecule has 8 heteroatoms. The highest BCUT2D eigenvalue weighted by Crippen LogP contribution is 2.44. The summed E-state index contributed by atoms with van der Waals surface area (Å²) in [4.78, 5) is 6.95. The average Bonchev–Trinajstić information content (AvgIpc) is 2.84. The van der Waals surface area contributed by atoms with Crippen LogP contribution in [0.1, 0.15) is 17.2 Å². The molecule has 0 N–H and O–H groups in total. The summed E-state index contributed by atoms with van der Waals surface area (Å²) in [5, 5.41) is 0. The van der Waals surface area contributed by atoms with Gasteiger partial charge in [0, 0.05) is 56.1 Å². The molecule has 2 aliphatic heterocycles. The van der Waals surface area contributed by atoms with Gasteiger partial charge in [-0.15, -0.1) is 0 Å². The topological polar surface area (TPSA) is 43.9 Å². The van der Waals surface area contributed by atoms with Crippen LogP contribution in [0.5, 0.6) is 0 Å². The van der Waals surface area contributed by atoms with Gasteiger partial charge in [0.1, 0.15) is 5.82 Å². The largest absolute Gasteiger partial charge is 0.304 e. The van der Waals surface area contributed by atoms with Crippen molar-refractivity contribution in [3.8, 4) is 0 Å². The average molecular weight is 436 g/mol. The predicted octanol–water partition coefficient (Wildman–Crippen LogP) is 3.07. The van der Waals surface area contributed by atoms with Crippen LogP contribution in [0.2, 0.25) is 0 Å². The molecule has 1 fully saturated rings. The van der Waals surface area contributed by atoms with Crippen LogP contribution in [0.3, 0.4) is 0 Å². The van der Waals surface area contributed by atoms with E-state index >= 15 is 0 Å². The number of hydrogen-bond acceptors (Lipinski definition) is 5. The number of piperazine rings is 1. The van der Waals surface area contributed by atoms with E-state index in [4.69, 9.17) is 0 Å². The Morgan fingerprint density at radius 1 is 1.03 bits per heavy atom. The second kappa shape index (κ2) is 8.00. The van der Waals surface area contributed by atoms with Crippen LogP contribution in [0.15, 0.2) is 51.1 Å². The summed E-state index contributed by atoms with van der Waals surface area (Å²) < 4.78 is 40.6. The van der Waals surface area contributed by atoms with Gasteiger partial charge in [-0.3, -0.25) is 4.90 Å². The van der Waals surface area contributed by atoms with E-state index in [1.165, 1.54) is 22.1 Å². The molecule has 1 saturated heterocycles. The van der Waals surface area contributed by atoms with Crippen LogP contribution in [0.4, 0.5) is 4.39 Å². The number of nitrogens with zero attached hydrogens (tertiary/aromatic N) is 3. The molecule has 1 atom stereocenters. The molecule has 2 heterocycles. The zero-order chi connectivity index (χ0) is 20.8. The summed E-state index contributed by atoms with van der Waals surface area (Å²) in [5.41, 5.74) is 2.12. The third-order valence-corrected chi connectivity index (χ3v) is 8.76. The normalized spacial score (nSPS) is 20.9. The van der Waals surface area contributed by atoms with Crippen molar-refractivity contribution in [2.45, 2.75) is 27.1 Å². The molecule has 2 aromatic rings. The molecule has 0 amide bonds. The summed E-state index contributed by atoms with van der Waals surface area (Å²) in [7, 11) is 1.69. The number of hydrogen-bond donors (Lipinski definition) is 0. The van der Waals surface area contributed by atoms with Gasteiger partial charge in [0.25, 0.3) is 0 Å². The Kier molecular flexibility index (Phi) is 5.74. The molecule has 2 aliphatic rings. The van der Waals surface area contributed by atoms with E-state index < -0.39 is 10.0 Å². The molecule has 5 nitrogen and oxygen atoms in total. The molecule has 2 aromatic carbocycles. The van der Waals surface area contributed by atoms with Crippen molar-refractivity contribution in [2.24, 2.45) is 0 Å². The maximum absolute atomic E-state index is 13.9. The van der Waals surface area contributed by atoms with E-state index in [0.717, 1.165) is 53.5 Å². The molecule has 29 heavy (non-hydrogen) atoms. The Labute approximate surface area is 176 Å². The number of halogens is 1. The Bertz CT molecular complexity index is 1020. The molecule has 0 aliphatic carbocycles. The van der Waals surface area contributed by atoms with E-state index in [0.29, 0.717) is 4.90 Å². The number of likely N-dealkylation sites (N-methyl/N-ethyl adjacent to an activating group) is 1. The summed E-state index contributed by atoms with van der Waals surface area (Å²) in [6.45, 7) is 3.80. The zero-order valence-electron chi connectivity index (χ0n) is 16.9. The predicted molar refractivity (Wildman–Crippen MR) is 113 cm³/mol. The van der Waals surface area contributed by atoms with Crippen molar-refractivity contribution >= 4 is 21.8 Å². The first-order chi connectivity index (χ1) is 13.8. The Morgan fingerprint density at radius 2 is 1.76 bits per heavy atom. The number of benzene rings is 2. The molecule has 0 aromatic heterocycles. The van der Waals surface area contributed by atoms with Gasteiger partial charge < -0.3 is 4.90 Å². The molecule has 0 spiro atoms. The standard InChI is InChI=1S/C21H26FN3O2S2/c1-23(2)29(26,27)17-6-7-20-18(14-17)19(25-10-8-24(3)9-11-25)12-15-4-5-16(22)13-21(15)28-20/h4-7,13-14,19H,8-12H2,1-3H3.